The Morgan fingerprint density at radius 2 is 2.28 bits per heavy atom. The van der Waals surface area contributed by atoms with Crippen LogP contribution in [0.15, 0.2) is 29.0 Å². The van der Waals surface area contributed by atoms with E-state index < -0.39 is 0 Å². The first-order valence-electron chi connectivity index (χ1n) is 6.69. The third-order valence-corrected chi connectivity index (χ3v) is 3.75. The molecule has 0 aliphatic heterocycles. The maximum atomic E-state index is 5.64. The number of furan rings is 1. The highest BCUT2D eigenvalue weighted by Gasteiger charge is 2.26. The van der Waals surface area contributed by atoms with Crippen molar-refractivity contribution in [2.75, 3.05) is 18.0 Å². The van der Waals surface area contributed by atoms with Crippen LogP contribution in [-0.2, 0) is 0 Å². The highest BCUT2D eigenvalue weighted by molar-refractivity contribution is 5.88. The molecule has 1 aliphatic carbocycles. The van der Waals surface area contributed by atoms with E-state index in [2.05, 4.69) is 9.88 Å². The summed E-state index contributed by atoms with van der Waals surface area (Å²) in [6.07, 6.45) is 8.42. The van der Waals surface area contributed by atoms with Gasteiger partial charge in [-0.05, 0) is 44.4 Å². The van der Waals surface area contributed by atoms with E-state index in [0.29, 0.717) is 6.04 Å². The van der Waals surface area contributed by atoms with Crippen molar-refractivity contribution < 1.29 is 4.42 Å². The minimum Gasteiger partial charge on any atom is -0.464 e. The molecule has 4 nitrogen and oxygen atoms in total. The minimum atomic E-state index is 0.629. The first-order chi connectivity index (χ1) is 8.90. The Labute approximate surface area is 107 Å². The first-order valence-corrected chi connectivity index (χ1v) is 6.69. The van der Waals surface area contributed by atoms with Crippen LogP contribution in [-0.4, -0.2) is 24.1 Å². The van der Waals surface area contributed by atoms with Crippen molar-refractivity contribution in [2.24, 2.45) is 5.73 Å². The maximum Gasteiger partial charge on any atom is 0.139 e. The smallest absolute Gasteiger partial charge is 0.139 e. The summed E-state index contributed by atoms with van der Waals surface area (Å²) in [4.78, 5) is 6.97. The van der Waals surface area contributed by atoms with Crippen LogP contribution in [0.4, 0.5) is 5.82 Å². The average Bonchev–Trinajstić information content (AvgIpc) is 2.80. The summed E-state index contributed by atoms with van der Waals surface area (Å²) in [5, 5.41) is 1.11. The van der Waals surface area contributed by atoms with Gasteiger partial charge in [0.1, 0.15) is 11.4 Å². The lowest BCUT2D eigenvalue weighted by Crippen LogP contribution is -2.42. The standard InChI is InChI=1S/C14H19N3O/c15-7-2-9-17(11-3-1-4-11)14-12-6-10-18-13(12)5-8-16-14/h5-6,8,10-11H,1-4,7,9,15H2. The molecule has 1 saturated carbocycles. The summed E-state index contributed by atoms with van der Waals surface area (Å²) < 4.78 is 5.45. The fourth-order valence-electron chi connectivity index (χ4n) is 2.53. The van der Waals surface area contributed by atoms with E-state index in [1.165, 1.54) is 19.3 Å². The number of hydrogen-bond donors (Lipinski definition) is 1. The lowest BCUT2D eigenvalue weighted by molar-refractivity contribution is 0.383. The predicted octanol–water partition coefficient (Wildman–Crippen LogP) is 2.54. The molecule has 2 aromatic rings. The molecule has 0 amide bonds. The van der Waals surface area contributed by atoms with Gasteiger partial charge in [-0.3, -0.25) is 0 Å². The summed E-state index contributed by atoms with van der Waals surface area (Å²) in [6.45, 7) is 1.71. The number of nitrogens with two attached hydrogens (primary N) is 1. The van der Waals surface area contributed by atoms with Gasteiger partial charge >= 0.3 is 0 Å². The van der Waals surface area contributed by atoms with E-state index in [1.54, 1.807) is 6.26 Å². The number of anilines is 1. The van der Waals surface area contributed by atoms with Crippen molar-refractivity contribution in [1.29, 1.82) is 0 Å². The Hall–Kier alpha value is -1.55. The number of pyridine rings is 1. The lowest BCUT2D eigenvalue weighted by atomic mass is 9.91. The molecule has 1 aliphatic rings. The molecule has 96 valence electrons. The van der Waals surface area contributed by atoms with E-state index in [-0.39, 0.29) is 0 Å². The second-order valence-electron chi connectivity index (χ2n) is 4.89. The van der Waals surface area contributed by atoms with Crippen LogP contribution in [0.25, 0.3) is 11.0 Å². The van der Waals surface area contributed by atoms with Gasteiger partial charge < -0.3 is 15.1 Å². The van der Waals surface area contributed by atoms with Gasteiger partial charge in [0, 0.05) is 18.8 Å². The Bertz CT molecular complexity index is 518. The summed E-state index contributed by atoms with van der Waals surface area (Å²) in [7, 11) is 0. The molecule has 3 rings (SSSR count). The van der Waals surface area contributed by atoms with E-state index in [9.17, 15) is 0 Å². The average molecular weight is 245 g/mol. The lowest BCUT2D eigenvalue weighted by Gasteiger charge is -2.38. The molecule has 0 radical (unpaired) electrons. The summed E-state index contributed by atoms with van der Waals surface area (Å²) in [6, 6.07) is 4.55. The molecule has 4 heteroatoms. The van der Waals surface area contributed by atoms with Crippen LogP contribution in [0, 0.1) is 0 Å². The van der Waals surface area contributed by atoms with Gasteiger partial charge in [0.25, 0.3) is 0 Å². The predicted molar refractivity (Wildman–Crippen MR) is 72.7 cm³/mol. The Morgan fingerprint density at radius 3 is 3.00 bits per heavy atom. The van der Waals surface area contributed by atoms with Crippen LogP contribution in [0.2, 0.25) is 0 Å². The van der Waals surface area contributed by atoms with Crippen LogP contribution in [0.1, 0.15) is 25.7 Å². The normalized spacial score (nSPS) is 15.8. The van der Waals surface area contributed by atoms with Crippen LogP contribution < -0.4 is 10.6 Å². The largest absolute Gasteiger partial charge is 0.464 e. The fourth-order valence-corrected chi connectivity index (χ4v) is 2.53. The monoisotopic (exact) mass is 245 g/mol. The zero-order valence-corrected chi connectivity index (χ0v) is 10.5. The van der Waals surface area contributed by atoms with Gasteiger partial charge in [0.2, 0.25) is 0 Å². The molecule has 2 heterocycles. The van der Waals surface area contributed by atoms with Crippen molar-refractivity contribution in [1.82, 2.24) is 4.98 Å². The fraction of sp³-hybridized carbons (Fsp3) is 0.500. The Morgan fingerprint density at radius 1 is 1.39 bits per heavy atom. The third-order valence-electron chi connectivity index (χ3n) is 3.75. The SMILES string of the molecule is NCCCN(c1nccc2occc12)C1CCC1. The second-order valence-corrected chi connectivity index (χ2v) is 4.89. The van der Waals surface area contributed by atoms with Crippen LogP contribution in [0.5, 0.6) is 0 Å². The summed E-state index contributed by atoms with van der Waals surface area (Å²) in [5.41, 5.74) is 6.56. The van der Waals surface area contributed by atoms with Gasteiger partial charge in [-0.15, -0.1) is 0 Å². The van der Waals surface area contributed by atoms with E-state index in [4.69, 9.17) is 10.2 Å². The van der Waals surface area contributed by atoms with Crippen LogP contribution in [0.3, 0.4) is 0 Å². The highest BCUT2D eigenvalue weighted by atomic mass is 16.3. The Balaban J connectivity index is 1.94. The molecule has 0 saturated heterocycles. The second kappa shape index (κ2) is 4.98. The minimum absolute atomic E-state index is 0.629. The Kier molecular flexibility index (Phi) is 3.19. The van der Waals surface area contributed by atoms with Crippen molar-refractivity contribution in [3.05, 3.63) is 24.6 Å². The zero-order chi connectivity index (χ0) is 12.4. The molecule has 0 spiro atoms. The molecule has 1 fully saturated rings. The number of fused-ring (bicyclic) bond motifs is 1. The highest BCUT2D eigenvalue weighted by Crippen LogP contribution is 2.33. The van der Waals surface area contributed by atoms with Crippen LogP contribution >= 0.6 is 0 Å². The molecule has 0 atom stereocenters. The molecule has 2 N–H and O–H groups in total. The molecular weight excluding hydrogens is 226 g/mol. The van der Waals surface area contributed by atoms with Crippen molar-refractivity contribution in [3.63, 3.8) is 0 Å². The van der Waals surface area contributed by atoms with Gasteiger partial charge in [-0.1, -0.05) is 0 Å². The molecule has 18 heavy (non-hydrogen) atoms. The molecule has 0 unspecified atom stereocenters. The van der Waals surface area contributed by atoms with Gasteiger partial charge in [0.05, 0.1) is 11.6 Å². The molecule has 2 aromatic heterocycles. The molecule has 0 bridgehead atoms. The number of hydrogen-bond acceptors (Lipinski definition) is 4. The van der Waals surface area contributed by atoms with Crippen molar-refractivity contribution in [3.8, 4) is 0 Å². The summed E-state index contributed by atoms with van der Waals surface area (Å²) in [5.74, 6) is 1.06. The molecular formula is C14H19N3O. The number of rotatable bonds is 5. The first kappa shape index (κ1) is 11.5. The maximum absolute atomic E-state index is 5.64. The third kappa shape index (κ3) is 1.97. The quantitative estimate of drug-likeness (QED) is 0.879. The van der Waals surface area contributed by atoms with E-state index >= 15 is 0 Å². The van der Waals surface area contributed by atoms with E-state index in [1.807, 2.05) is 18.3 Å². The van der Waals surface area contributed by atoms with Crippen molar-refractivity contribution in [2.45, 2.75) is 31.7 Å². The van der Waals surface area contributed by atoms with Crippen molar-refractivity contribution >= 4 is 16.8 Å². The summed E-state index contributed by atoms with van der Waals surface area (Å²) >= 11 is 0. The van der Waals surface area contributed by atoms with Gasteiger partial charge in [-0.25, -0.2) is 4.98 Å². The topological polar surface area (TPSA) is 55.3 Å². The van der Waals surface area contributed by atoms with E-state index in [0.717, 1.165) is 36.3 Å². The zero-order valence-electron chi connectivity index (χ0n) is 10.5. The number of nitrogens with zero attached hydrogens (tertiary/aromatic N) is 2. The molecule has 0 aromatic carbocycles. The van der Waals surface area contributed by atoms with Gasteiger partial charge in [0.15, 0.2) is 0 Å². The van der Waals surface area contributed by atoms with Gasteiger partial charge in [-0.2, -0.15) is 0 Å². The number of aromatic nitrogens is 1.